The Morgan fingerprint density at radius 1 is 0.237 bits per heavy atom. The Kier molecular flexibility index (Phi) is 7.61. The summed E-state index contributed by atoms with van der Waals surface area (Å²) in [7, 11) is 0. The zero-order chi connectivity index (χ0) is 38.9. The Balaban J connectivity index is 0.970. The normalized spacial score (nSPS) is 11.7. The lowest BCUT2D eigenvalue weighted by Gasteiger charge is -2.18. The lowest BCUT2D eigenvalue weighted by molar-refractivity contribution is 1.18. The summed E-state index contributed by atoms with van der Waals surface area (Å²) in [6.45, 7) is 0. The molecular formula is C58H37N. The lowest BCUT2D eigenvalue weighted by Crippen LogP contribution is -1.95. The van der Waals surface area contributed by atoms with Gasteiger partial charge in [0.05, 0.1) is 11.0 Å². The molecule has 1 heterocycles. The van der Waals surface area contributed by atoms with E-state index in [2.05, 4.69) is 229 Å². The molecule has 0 unspecified atom stereocenters. The van der Waals surface area contributed by atoms with Gasteiger partial charge in [0, 0.05) is 16.5 Å². The second-order valence-electron chi connectivity index (χ2n) is 15.6. The van der Waals surface area contributed by atoms with Gasteiger partial charge in [-0.3, -0.25) is 0 Å². The standard InChI is InChI=1S/C58H37N/c1-2-14-43-36-44(29-26-38(43)12-1)39-24-27-41(28-25-39)57-50-18-5-7-20-52(50)58(53-21-8-6-19-51(53)57)42-30-33-46(34-31-42)59-55-23-10-9-17-49(55)54-37-45(32-35-56(54)59)48-22-11-15-40-13-3-4-16-47(40)48/h1-37H. The van der Waals surface area contributed by atoms with Crippen LogP contribution in [0.3, 0.4) is 0 Å². The Morgan fingerprint density at radius 2 is 0.712 bits per heavy atom. The topological polar surface area (TPSA) is 4.93 Å². The average molecular weight is 748 g/mol. The van der Waals surface area contributed by atoms with Crippen LogP contribution in [-0.2, 0) is 0 Å². The molecule has 0 saturated heterocycles. The molecule has 12 aromatic rings. The number of rotatable bonds is 5. The first kappa shape index (κ1) is 33.4. The largest absolute Gasteiger partial charge is 0.309 e. The highest BCUT2D eigenvalue weighted by Gasteiger charge is 2.18. The predicted octanol–water partition coefficient (Wildman–Crippen LogP) is 16.1. The molecule has 0 spiro atoms. The van der Waals surface area contributed by atoms with Crippen molar-refractivity contribution in [3.8, 4) is 50.2 Å². The second kappa shape index (κ2) is 13.4. The summed E-state index contributed by atoms with van der Waals surface area (Å²) in [6.07, 6.45) is 0. The van der Waals surface area contributed by atoms with Crippen LogP contribution in [0.25, 0.3) is 115 Å². The first-order valence-electron chi connectivity index (χ1n) is 20.4. The Labute approximate surface area is 342 Å². The molecule has 0 fully saturated rings. The predicted molar refractivity (Wildman–Crippen MR) is 253 cm³/mol. The molecule has 0 N–H and O–H groups in total. The van der Waals surface area contributed by atoms with E-state index in [-0.39, 0.29) is 0 Å². The van der Waals surface area contributed by atoms with Crippen molar-refractivity contribution in [2.24, 2.45) is 0 Å². The molecule has 0 radical (unpaired) electrons. The van der Waals surface area contributed by atoms with Gasteiger partial charge >= 0.3 is 0 Å². The van der Waals surface area contributed by atoms with E-state index in [1.54, 1.807) is 0 Å². The van der Waals surface area contributed by atoms with Crippen molar-refractivity contribution in [3.63, 3.8) is 0 Å². The van der Waals surface area contributed by atoms with Gasteiger partial charge in [0.15, 0.2) is 0 Å². The molecule has 0 amide bonds. The molecule has 0 bridgehead atoms. The smallest absolute Gasteiger partial charge is 0.0541 e. The van der Waals surface area contributed by atoms with E-state index in [0.29, 0.717) is 0 Å². The molecule has 11 aromatic carbocycles. The number of fused-ring (bicyclic) bond motifs is 7. The van der Waals surface area contributed by atoms with E-state index < -0.39 is 0 Å². The van der Waals surface area contributed by atoms with Crippen molar-refractivity contribution in [2.75, 3.05) is 0 Å². The Bertz CT molecular complexity index is 3530. The van der Waals surface area contributed by atoms with Gasteiger partial charge in [0.25, 0.3) is 0 Å². The van der Waals surface area contributed by atoms with Gasteiger partial charge in [-0.15, -0.1) is 0 Å². The third kappa shape index (κ3) is 5.40. The number of benzene rings is 11. The van der Waals surface area contributed by atoms with Crippen LogP contribution in [0, 0.1) is 0 Å². The molecule has 1 aromatic heterocycles. The van der Waals surface area contributed by atoms with Crippen LogP contribution >= 0.6 is 0 Å². The fraction of sp³-hybridized carbons (Fsp3) is 0. The molecule has 274 valence electrons. The molecule has 1 nitrogen and oxygen atoms in total. The quantitative estimate of drug-likeness (QED) is 0.155. The summed E-state index contributed by atoms with van der Waals surface area (Å²) in [5.74, 6) is 0. The van der Waals surface area contributed by atoms with Crippen LogP contribution in [-0.4, -0.2) is 4.57 Å². The zero-order valence-electron chi connectivity index (χ0n) is 32.3. The van der Waals surface area contributed by atoms with E-state index in [4.69, 9.17) is 0 Å². The van der Waals surface area contributed by atoms with Crippen molar-refractivity contribution >= 4 is 64.9 Å². The summed E-state index contributed by atoms with van der Waals surface area (Å²) in [5.41, 5.74) is 13.5. The zero-order valence-corrected chi connectivity index (χ0v) is 32.3. The van der Waals surface area contributed by atoms with Crippen LogP contribution in [0.2, 0.25) is 0 Å². The van der Waals surface area contributed by atoms with E-state index in [9.17, 15) is 0 Å². The third-order valence-electron chi connectivity index (χ3n) is 12.4. The maximum Gasteiger partial charge on any atom is 0.0541 e. The minimum atomic E-state index is 1.15. The second-order valence-corrected chi connectivity index (χ2v) is 15.6. The van der Waals surface area contributed by atoms with Gasteiger partial charge in [-0.25, -0.2) is 0 Å². The van der Waals surface area contributed by atoms with Gasteiger partial charge in [-0.1, -0.05) is 188 Å². The maximum absolute atomic E-state index is 2.42. The molecule has 0 aliphatic rings. The molecule has 0 atom stereocenters. The van der Waals surface area contributed by atoms with Gasteiger partial charge < -0.3 is 4.57 Å². The van der Waals surface area contributed by atoms with Crippen molar-refractivity contribution in [3.05, 3.63) is 224 Å². The Morgan fingerprint density at radius 3 is 1.39 bits per heavy atom. The van der Waals surface area contributed by atoms with Crippen LogP contribution in [0.5, 0.6) is 0 Å². The number of aromatic nitrogens is 1. The van der Waals surface area contributed by atoms with Crippen molar-refractivity contribution in [1.29, 1.82) is 0 Å². The van der Waals surface area contributed by atoms with Gasteiger partial charge in [0.1, 0.15) is 0 Å². The summed E-state index contributed by atoms with van der Waals surface area (Å²) in [5, 5.41) is 12.6. The Hall–Kier alpha value is -7.74. The van der Waals surface area contributed by atoms with Gasteiger partial charge in [-0.05, 0) is 124 Å². The molecule has 12 rings (SSSR count). The molecule has 59 heavy (non-hydrogen) atoms. The molecule has 0 aliphatic heterocycles. The van der Waals surface area contributed by atoms with E-state index in [1.807, 2.05) is 0 Å². The van der Waals surface area contributed by atoms with Gasteiger partial charge in [-0.2, -0.15) is 0 Å². The third-order valence-corrected chi connectivity index (χ3v) is 12.4. The summed E-state index contributed by atoms with van der Waals surface area (Å²) >= 11 is 0. The summed E-state index contributed by atoms with van der Waals surface area (Å²) in [6, 6.07) is 82.5. The van der Waals surface area contributed by atoms with E-state index in [1.165, 1.54) is 109 Å². The average Bonchev–Trinajstić information content (AvgIpc) is 3.64. The highest BCUT2D eigenvalue weighted by molar-refractivity contribution is 6.21. The molecule has 0 aliphatic carbocycles. The summed E-state index contributed by atoms with van der Waals surface area (Å²) in [4.78, 5) is 0. The summed E-state index contributed by atoms with van der Waals surface area (Å²) < 4.78 is 2.42. The minimum Gasteiger partial charge on any atom is -0.309 e. The van der Waals surface area contributed by atoms with Crippen LogP contribution < -0.4 is 0 Å². The first-order valence-corrected chi connectivity index (χ1v) is 20.4. The fourth-order valence-corrected chi connectivity index (χ4v) is 9.62. The maximum atomic E-state index is 2.42. The SMILES string of the molecule is c1ccc2cc(-c3ccc(-c4c5ccccc5c(-c5ccc(-n6c7ccccc7c7cc(-c8cccc9ccccc89)ccc76)cc5)c5ccccc45)cc3)ccc2c1. The minimum absolute atomic E-state index is 1.15. The molecular weight excluding hydrogens is 711 g/mol. The van der Waals surface area contributed by atoms with Crippen LogP contribution in [0.1, 0.15) is 0 Å². The number of hydrogen-bond acceptors (Lipinski definition) is 0. The van der Waals surface area contributed by atoms with Crippen molar-refractivity contribution in [2.45, 2.75) is 0 Å². The van der Waals surface area contributed by atoms with Crippen LogP contribution in [0.4, 0.5) is 0 Å². The first-order chi connectivity index (χ1) is 29.3. The number of nitrogens with zero attached hydrogens (tertiary/aromatic N) is 1. The monoisotopic (exact) mass is 747 g/mol. The van der Waals surface area contributed by atoms with Gasteiger partial charge in [0.2, 0.25) is 0 Å². The number of hydrogen-bond donors (Lipinski definition) is 0. The van der Waals surface area contributed by atoms with E-state index in [0.717, 1.165) is 5.69 Å². The highest BCUT2D eigenvalue weighted by Crippen LogP contribution is 2.45. The van der Waals surface area contributed by atoms with E-state index >= 15 is 0 Å². The number of para-hydroxylation sites is 1. The highest BCUT2D eigenvalue weighted by atomic mass is 15.0. The molecule has 1 heteroatoms. The fourth-order valence-electron chi connectivity index (χ4n) is 9.62. The molecule has 0 saturated carbocycles. The van der Waals surface area contributed by atoms with Crippen LogP contribution in [0.15, 0.2) is 224 Å². The van der Waals surface area contributed by atoms with Crippen molar-refractivity contribution in [1.82, 2.24) is 4.57 Å². The van der Waals surface area contributed by atoms with Crippen molar-refractivity contribution < 1.29 is 0 Å². The lowest BCUT2D eigenvalue weighted by atomic mass is 9.85.